The second-order valence-electron chi connectivity index (χ2n) is 7.11. The third kappa shape index (κ3) is 11.5. The van der Waals surface area contributed by atoms with Crippen molar-refractivity contribution in [3.05, 3.63) is 60.2 Å². The Morgan fingerprint density at radius 2 is 1.45 bits per heavy atom. The molecule has 0 fully saturated rings. The van der Waals surface area contributed by atoms with Gasteiger partial charge in [-0.25, -0.2) is 9.59 Å². The highest BCUT2D eigenvalue weighted by Crippen LogP contribution is 2.30. The maximum Gasteiger partial charge on any atom is 0.335 e. The van der Waals surface area contributed by atoms with Gasteiger partial charge in [-0.2, -0.15) is 0 Å². The van der Waals surface area contributed by atoms with Crippen LogP contribution in [0.2, 0.25) is 0 Å². The van der Waals surface area contributed by atoms with Crippen LogP contribution in [-0.2, 0) is 25.5 Å². The van der Waals surface area contributed by atoms with Crippen LogP contribution in [0.5, 0.6) is 0 Å². The highest BCUT2D eigenvalue weighted by Gasteiger charge is 2.29. The van der Waals surface area contributed by atoms with Crippen LogP contribution in [0.15, 0.2) is 64.4 Å². The van der Waals surface area contributed by atoms with E-state index in [2.05, 4.69) is 24.3 Å². The maximum atomic E-state index is 11.8. The molecule has 0 saturated carbocycles. The van der Waals surface area contributed by atoms with E-state index in [4.69, 9.17) is 25.2 Å². The number of hydrogen-bond donors (Lipinski definition) is 4. The van der Waals surface area contributed by atoms with Gasteiger partial charge in [0.15, 0.2) is 12.2 Å². The Morgan fingerprint density at radius 3 is 2.00 bits per heavy atom. The van der Waals surface area contributed by atoms with Crippen LogP contribution in [0, 0.1) is 0 Å². The third-order valence-corrected chi connectivity index (χ3v) is 5.27. The Kier molecular flexibility index (Phi) is 12.8. The molecule has 2 atom stereocenters. The summed E-state index contributed by atoms with van der Waals surface area (Å²) < 4.78 is 5.25. The highest BCUT2D eigenvalue weighted by atomic mass is 32.2. The zero-order valence-corrected chi connectivity index (χ0v) is 19.3. The number of rotatable bonds is 11. The molecule has 9 nitrogen and oxygen atoms in total. The normalized spacial score (nSPS) is 12.3. The number of benzene rings is 2. The molecule has 2 aromatic carbocycles. The summed E-state index contributed by atoms with van der Waals surface area (Å²) in [6.07, 6.45) is -3.41. The number of hydrogen-bond acceptors (Lipinski definition) is 8. The van der Waals surface area contributed by atoms with E-state index in [0.717, 1.165) is 6.54 Å². The van der Waals surface area contributed by atoms with Gasteiger partial charge in [0.25, 0.3) is 0 Å². The van der Waals surface area contributed by atoms with Gasteiger partial charge in [-0.1, -0.05) is 48.2 Å². The van der Waals surface area contributed by atoms with Crippen molar-refractivity contribution in [2.45, 2.75) is 34.8 Å². The fourth-order valence-corrected chi connectivity index (χ4v) is 3.34. The summed E-state index contributed by atoms with van der Waals surface area (Å²) in [6.45, 7) is 1.21. The number of carbonyl (C=O) groups is 3. The molecule has 0 amide bonds. The first kappa shape index (κ1) is 28.1. The minimum atomic E-state index is -2.27. The molecule has 0 aromatic heterocycles. The molecule has 0 spiro atoms. The van der Waals surface area contributed by atoms with Gasteiger partial charge >= 0.3 is 17.9 Å². The summed E-state index contributed by atoms with van der Waals surface area (Å²) in [5, 5.41) is 32.5. The van der Waals surface area contributed by atoms with Gasteiger partial charge in [0, 0.05) is 22.8 Å². The van der Waals surface area contributed by atoms with Crippen molar-refractivity contribution < 1.29 is 39.5 Å². The van der Waals surface area contributed by atoms with Crippen molar-refractivity contribution >= 4 is 29.7 Å². The Labute approximate surface area is 196 Å². The smallest absolute Gasteiger partial charge is 0.335 e. The number of aliphatic hydroxyl groups excluding tert-OH is 2. The lowest BCUT2D eigenvalue weighted by molar-refractivity contribution is -0.165. The first-order chi connectivity index (χ1) is 15.6. The summed E-state index contributed by atoms with van der Waals surface area (Å²) in [4.78, 5) is 35.8. The van der Waals surface area contributed by atoms with Crippen molar-refractivity contribution in [3.8, 4) is 0 Å². The van der Waals surface area contributed by atoms with E-state index in [0.29, 0.717) is 19.4 Å². The average Bonchev–Trinajstić information content (AvgIpc) is 2.78. The number of ether oxygens (including phenoxy) is 1. The van der Waals surface area contributed by atoms with Crippen LogP contribution < -0.4 is 0 Å². The molecule has 2 aromatic rings. The number of likely N-dealkylation sites (N-methyl/N-ethyl adjacent to an activating group) is 1. The second-order valence-corrected chi connectivity index (χ2v) is 8.23. The van der Waals surface area contributed by atoms with Gasteiger partial charge in [-0.05, 0) is 44.3 Å². The predicted molar refractivity (Wildman–Crippen MR) is 122 cm³/mol. The molecule has 180 valence electrons. The van der Waals surface area contributed by atoms with Gasteiger partial charge < -0.3 is 30.1 Å². The lowest BCUT2D eigenvalue weighted by Gasteiger charge is -2.11. The van der Waals surface area contributed by atoms with E-state index in [1.54, 1.807) is 11.8 Å². The number of aliphatic hydroxyl groups is 2. The van der Waals surface area contributed by atoms with Crippen molar-refractivity contribution in [1.29, 1.82) is 0 Å². The number of esters is 1. The number of carboxylic acid groups (broad SMARTS) is 2. The Balaban J connectivity index is 0.000000461. The van der Waals surface area contributed by atoms with Crippen LogP contribution in [0.25, 0.3) is 0 Å². The molecule has 2 unspecified atom stereocenters. The van der Waals surface area contributed by atoms with Gasteiger partial charge in [-0.3, -0.25) is 4.79 Å². The molecular formula is C23H29NO8S. The molecule has 0 heterocycles. The zero-order valence-electron chi connectivity index (χ0n) is 18.5. The van der Waals surface area contributed by atoms with Gasteiger partial charge in [0.1, 0.15) is 6.61 Å². The number of nitrogens with zero attached hydrogens (tertiary/aromatic N) is 1. The predicted octanol–water partition coefficient (Wildman–Crippen LogP) is 1.75. The van der Waals surface area contributed by atoms with Crippen LogP contribution in [0.3, 0.4) is 0 Å². The summed E-state index contributed by atoms with van der Waals surface area (Å²) in [6, 6.07) is 18.5. The summed E-state index contributed by atoms with van der Waals surface area (Å²) in [5.74, 6) is -3.67. The van der Waals surface area contributed by atoms with Crippen molar-refractivity contribution in [3.63, 3.8) is 0 Å². The minimum Gasteiger partial charge on any atom is -0.479 e. The third-order valence-electron chi connectivity index (χ3n) is 4.15. The van der Waals surface area contributed by atoms with Gasteiger partial charge in [0.05, 0.1) is 0 Å². The molecule has 10 heteroatoms. The standard InChI is InChI=1S/C19H23NO2S.C4H6O6/c1-20(2)14-15-22-19(21)13-12-16-8-6-7-11-18(16)23-17-9-4-3-5-10-17;5-1(3(7)8)2(6)4(9)10/h3-11H,12-15H2,1-2H3;1-2,5-6H,(H,7,8)(H,9,10). The molecule has 4 N–H and O–H groups in total. The van der Waals surface area contributed by atoms with Gasteiger partial charge in [-0.15, -0.1) is 0 Å². The molecular weight excluding hydrogens is 450 g/mol. The maximum absolute atomic E-state index is 11.8. The van der Waals surface area contributed by atoms with Crippen LogP contribution >= 0.6 is 11.8 Å². The number of aliphatic carboxylic acids is 2. The number of carboxylic acids is 2. The van der Waals surface area contributed by atoms with Gasteiger partial charge in [0.2, 0.25) is 0 Å². The SMILES string of the molecule is CN(C)CCOC(=O)CCc1ccccc1Sc1ccccc1.O=C(O)C(O)C(O)C(=O)O. The van der Waals surface area contributed by atoms with E-state index in [9.17, 15) is 14.4 Å². The van der Waals surface area contributed by atoms with E-state index in [-0.39, 0.29) is 5.97 Å². The van der Waals surface area contributed by atoms with Crippen LogP contribution in [0.4, 0.5) is 0 Å². The van der Waals surface area contributed by atoms with E-state index < -0.39 is 24.1 Å². The molecule has 0 aliphatic carbocycles. The van der Waals surface area contributed by atoms with Crippen molar-refractivity contribution in [2.75, 3.05) is 27.2 Å². The van der Waals surface area contributed by atoms with E-state index in [1.165, 1.54) is 15.4 Å². The molecule has 0 saturated heterocycles. The Bertz CT molecular complexity index is 873. The Hall–Kier alpha value is -2.92. The molecule has 0 aliphatic rings. The second kappa shape index (κ2) is 15.0. The number of aryl methyl sites for hydroxylation is 1. The topological polar surface area (TPSA) is 145 Å². The minimum absolute atomic E-state index is 0.133. The van der Waals surface area contributed by atoms with Crippen molar-refractivity contribution in [1.82, 2.24) is 4.90 Å². The summed E-state index contributed by atoms with van der Waals surface area (Å²) in [7, 11) is 3.93. The van der Waals surface area contributed by atoms with Crippen LogP contribution in [0.1, 0.15) is 12.0 Å². The van der Waals surface area contributed by atoms with Crippen molar-refractivity contribution in [2.24, 2.45) is 0 Å². The van der Waals surface area contributed by atoms with Crippen LogP contribution in [-0.4, -0.2) is 82.7 Å². The first-order valence-electron chi connectivity index (χ1n) is 10.0. The molecule has 0 bridgehead atoms. The Morgan fingerprint density at radius 1 is 0.909 bits per heavy atom. The highest BCUT2D eigenvalue weighted by molar-refractivity contribution is 7.99. The quantitative estimate of drug-likeness (QED) is 0.352. The lowest BCUT2D eigenvalue weighted by Crippen LogP contribution is -2.39. The first-order valence-corrected chi connectivity index (χ1v) is 10.9. The molecule has 2 rings (SSSR count). The summed E-state index contributed by atoms with van der Waals surface area (Å²) in [5.41, 5.74) is 1.19. The fourth-order valence-electron chi connectivity index (χ4n) is 2.35. The summed E-state index contributed by atoms with van der Waals surface area (Å²) >= 11 is 1.73. The molecule has 33 heavy (non-hydrogen) atoms. The lowest BCUT2D eigenvalue weighted by atomic mass is 10.1. The largest absolute Gasteiger partial charge is 0.479 e. The average molecular weight is 480 g/mol. The molecule has 0 radical (unpaired) electrons. The monoisotopic (exact) mass is 479 g/mol. The fraction of sp³-hybridized carbons (Fsp3) is 0.348. The zero-order chi connectivity index (χ0) is 24.8. The number of carbonyl (C=O) groups excluding carboxylic acids is 1. The van der Waals surface area contributed by atoms with E-state index >= 15 is 0 Å². The molecule has 0 aliphatic heterocycles. The van der Waals surface area contributed by atoms with E-state index in [1.807, 2.05) is 49.3 Å².